The van der Waals surface area contributed by atoms with Gasteiger partial charge in [0.2, 0.25) is 5.95 Å². The first-order valence-corrected chi connectivity index (χ1v) is 8.62. The van der Waals surface area contributed by atoms with Crippen molar-refractivity contribution in [3.05, 3.63) is 76.9 Å². The van der Waals surface area contributed by atoms with E-state index in [1.807, 2.05) is 62.5 Å². The zero-order chi connectivity index (χ0) is 17.6. The Morgan fingerprint density at radius 2 is 1.72 bits per heavy atom. The van der Waals surface area contributed by atoms with Crippen LogP contribution in [0.25, 0.3) is 0 Å². The maximum absolute atomic E-state index is 5.92. The van der Waals surface area contributed by atoms with Gasteiger partial charge in [-0.05, 0) is 43.2 Å². The summed E-state index contributed by atoms with van der Waals surface area (Å²) in [5.74, 6) is 1.51. The summed E-state index contributed by atoms with van der Waals surface area (Å²) in [6, 6.07) is 20.0. The van der Waals surface area contributed by atoms with Crippen LogP contribution in [-0.2, 0) is 6.42 Å². The second kappa shape index (κ2) is 7.99. The van der Waals surface area contributed by atoms with Crippen molar-refractivity contribution >= 4 is 29.1 Å². The van der Waals surface area contributed by atoms with Gasteiger partial charge in [-0.1, -0.05) is 41.9 Å². The molecule has 0 spiro atoms. The van der Waals surface area contributed by atoms with Crippen LogP contribution in [0.5, 0.6) is 0 Å². The third-order valence-corrected chi connectivity index (χ3v) is 4.19. The molecule has 3 aromatic rings. The molecule has 0 aliphatic heterocycles. The first-order chi connectivity index (χ1) is 12.1. The molecule has 1 heterocycles. The third-order valence-electron chi connectivity index (χ3n) is 3.94. The molecule has 0 saturated carbocycles. The average molecular weight is 353 g/mol. The highest BCUT2D eigenvalue weighted by atomic mass is 35.5. The molecule has 0 fully saturated rings. The van der Waals surface area contributed by atoms with E-state index in [0.717, 1.165) is 35.2 Å². The number of anilines is 3. The van der Waals surface area contributed by atoms with E-state index in [0.29, 0.717) is 5.95 Å². The van der Waals surface area contributed by atoms with E-state index in [1.54, 1.807) is 0 Å². The van der Waals surface area contributed by atoms with Gasteiger partial charge in [0, 0.05) is 36.1 Å². The average Bonchev–Trinajstić information content (AvgIpc) is 2.63. The first-order valence-electron chi connectivity index (χ1n) is 8.24. The van der Waals surface area contributed by atoms with Crippen molar-refractivity contribution in [3.63, 3.8) is 0 Å². The van der Waals surface area contributed by atoms with E-state index in [2.05, 4.69) is 32.3 Å². The number of aromatic nitrogens is 2. The van der Waals surface area contributed by atoms with Crippen LogP contribution in [0.1, 0.15) is 11.3 Å². The lowest BCUT2D eigenvalue weighted by molar-refractivity contribution is 0.966. The van der Waals surface area contributed by atoms with Gasteiger partial charge in [-0.2, -0.15) is 4.98 Å². The van der Waals surface area contributed by atoms with E-state index in [9.17, 15) is 0 Å². The Hall–Kier alpha value is -2.59. The van der Waals surface area contributed by atoms with Gasteiger partial charge in [-0.15, -0.1) is 0 Å². The number of hydrogen-bond acceptors (Lipinski definition) is 4. The maximum Gasteiger partial charge on any atom is 0.224 e. The lowest BCUT2D eigenvalue weighted by atomic mass is 10.1. The molecule has 128 valence electrons. The fraction of sp³-hybridized carbons (Fsp3) is 0.200. The number of aryl methyl sites for hydroxylation is 1. The molecule has 4 nitrogen and oxygen atoms in total. The van der Waals surface area contributed by atoms with Crippen molar-refractivity contribution in [2.24, 2.45) is 0 Å². The Bertz CT molecular complexity index is 819. The third kappa shape index (κ3) is 4.70. The number of para-hydroxylation sites is 1. The van der Waals surface area contributed by atoms with E-state index in [4.69, 9.17) is 11.6 Å². The summed E-state index contributed by atoms with van der Waals surface area (Å²) in [6.07, 6.45) is 0.887. The molecular formula is C20H21ClN4. The lowest BCUT2D eigenvalue weighted by Crippen LogP contribution is -2.14. The summed E-state index contributed by atoms with van der Waals surface area (Å²) in [6.45, 7) is 2.74. The van der Waals surface area contributed by atoms with Gasteiger partial charge in [0.15, 0.2) is 0 Å². The Kier molecular flexibility index (Phi) is 5.51. The van der Waals surface area contributed by atoms with Crippen LogP contribution in [0.15, 0.2) is 60.7 Å². The molecule has 5 heteroatoms. The van der Waals surface area contributed by atoms with E-state index < -0.39 is 0 Å². The Morgan fingerprint density at radius 1 is 1.00 bits per heavy atom. The van der Waals surface area contributed by atoms with E-state index in [-0.39, 0.29) is 0 Å². The van der Waals surface area contributed by atoms with E-state index in [1.165, 1.54) is 5.56 Å². The molecule has 1 N–H and O–H groups in total. The second-order valence-corrected chi connectivity index (χ2v) is 6.33. The predicted molar refractivity (Wildman–Crippen MR) is 105 cm³/mol. The minimum atomic E-state index is 0.645. The number of halogens is 1. The van der Waals surface area contributed by atoms with Gasteiger partial charge in [0.25, 0.3) is 0 Å². The van der Waals surface area contributed by atoms with Gasteiger partial charge in [-0.25, -0.2) is 4.98 Å². The van der Waals surface area contributed by atoms with Crippen LogP contribution in [0.4, 0.5) is 17.5 Å². The minimum absolute atomic E-state index is 0.645. The summed E-state index contributed by atoms with van der Waals surface area (Å²) in [5.41, 5.74) is 3.25. The summed E-state index contributed by atoms with van der Waals surface area (Å²) in [4.78, 5) is 11.2. The van der Waals surface area contributed by atoms with Crippen LogP contribution < -0.4 is 10.2 Å². The number of nitrogens with zero attached hydrogens (tertiary/aromatic N) is 3. The number of rotatable bonds is 6. The SMILES string of the molecule is Cc1cc(N(C)c2ccccc2)nc(NCCc2ccc(Cl)cc2)n1. The Morgan fingerprint density at radius 3 is 2.44 bits per heavy atom. The molecule has 3 rings (SSSR count). The van der Waals surface area contributed by atoms with Crippen molar-refractivity contribution in [2.45, 2.75) is 13.3 Å². The van der Waals surface area contributed by atoms with Crippen LogP contribution in [0.3, 0.4) is 0 Å². The molecule has 0 aliphatic rings. The molecule has 0 radical (unpaired) electrons. The van der Waals surface area contributed by atoms with Crippen molar-refractivity contribution < 1.29 is 0 Å². The van der Waals surface area contributed by atoms with E-state index >= 15 is 0 Å². The van der Waals surface area contributed by atoms with Crippen LogP contribution in [0, 0.1) is 6.92 Å². The zero-order valence-corrected chi connectivity index (χ0v) is 15.2. The van der Waals surface area contributed by atoms with Crippen molar-refractivity contribution in [1.82, 2.24) is 9.97 Å². The molecule has 0 atom stereocenters. The van der Waals surface area contributed by atoms with Gasteiger partial charge < -0.3 is 10.2 Å². The summed E-state index contributed by atoms with van der Waals surface area (Å²) < 4.78 is 0. The minimum Gasteiger partial charge on any atom is -0.354 e. The molecule has 0 aliphatic carbocycles. The van der Waals surface area contributed by atoms with Crippen LogP contribution in [0.2, 0.25) is 5.02 Å². The fourth-order valence-electron chi connectivity index (χ4n) is 2.56. The quantitative estimate of drug-likeness (QED) is 0.687. The Balaban J connectivity index is 1.68. The topological polar surface area (TPSA) is 41.1 Å². The number of benzene rings is 2. The van der Waals surface area contributed by atoms with Crippen molar-refractivity contribution in [3.8, 4) is 0 Å². The lowest BCUT2D eigenvalue weighted by Gasteiger charge is -2.19. The Labute approximate surface area is 153 Å². The summed E-state index contributed by atoms with van der Waals surface area (Å²) in [5, 5.41) is 4.07. The smallest absolute Gasteiger partial charge is 0.224 e. The molecule has 0 bridgehead atoms. The number of nitrogens with one attached hydrogen (secondary N) is 1. The molecule has 1 aromatic heterocycles. The van der Waals surface area contributed by atoms with Gasteiger partial charge in [-0.3, -0.25) is 0 Å². The van der Waals surface area contributed by atoms with Gasteiger partial charge >= 0.3 is 0 Å². The standard InChI is InChI=1S/C20H21ClN4/c1-15-14-19(25(2)18-6-4-3-5-7-18)24-20(23-15)22-13-12-16-8-10-17(21)11-9-16/h3-11,14H,12-13H2,1-2H3,(H,22,23,24). The van der Waals surface area contributed by atoms with Gasteiger partial charge in [0.05, 0.1) is 0 Å². The largest absolute Gasteiger partial charge is 0.354 e. The molecule has 2 aromatic carbocycles. The van der Waals surface area contributed by atoms with Gasteiger partial charge in [0.1, 0.15) is 5.82 Å². The molecule has 0 amide bonds. The molecular weight excluding hydrogens is 332 g/mol. The highest BCUT2D eigenvalue weighted by molar-refractivity contribution is 6.30. The van der Waals surface area contributed by atoms with Crippen molar-refractivity contribution in [2.75, 3.05) is 23.8 Å². The first kappa shape index (κ1) is 17.2. The molecule has 0 saturated heterocycles. The fourth-order valence-corrected chi connectivity index (χ4v) is 2.68. The maximum atomic E-state index is 5.92. The molecule has 25 heavy (non-hydrogen) atoms. The summed E-state index contributed by atoms with van der Waals surface area (Å²) in [7, 11) is 2.01. The highest BCUT2D eigenvalue weighted by Gasteiger charge is 2.08. The highest BCUT2D eigenvalue weighted by Crippen LogP contribution is 2.22. The molecule has 0 unspecified atom stereocenters. The summed E-state index contributed by atoms with van der Waals surface area (Å²) >= 11 is 5.92. The predicted octanol–water partition coefficient (Wildman–Crippen LogP) is 4.86. The van der Waals surface area contributed by atoms with Crippen LogP contribution >= 0.6 is 11.6 Å². The monoisotopic (exact) mass is 352 g/mol. The second-order valence-electron chi connectivity index (χ2n) is 5.89. The normalized spacial score (nSPS) is 10.5. The van der Waals surface area contributed by atoms with Crippen molar-refractivity contribution in [1.29, 1.82) is 0 Å². The van der Waals surface area contributed by atoms with Crippen LogP contribution in [-0.4, -0.2) is 23.6 Å². The zero-order valence-electron chi connectivity index (χ0n) is 14.4. The number of hydrogen-bond donors (Lipinski definition) is 1.